The van der Waals surface area contributed by atoms with Crippen LogP contribution in [0.25, 0.3) is 4.96 Å². The Morgan fingerprint density at radius 3 is 2.70 bits per heavy atom. The highest BCUT2D eigenvalue weighted by molar-refractivity contribution is 7.15. The average molecular weight is 293 g/mol. The second-order valence-electron chi connectivity index (χ2n) is 5.58. The van der Waals surface area contributed by atoms with E-state index in [1.165, 1.54) is 49.9 Å². The smallest absolute Gasteiger partial charge is 0.194 e. The summed E-state index contributed by atoms with van der Waals surface area (Å²) in [6.07, 6.45) is 8.13. The zero-order valence-corrected chi connectivity index (χ0v) is 13.9. The lowest BCUT2D eigenvalue weighted by molar-refractivity contribution is 0.567. The van der Waals surface area contributed by atoms with Crippen LogP contribution in [0.2, 0.25) is 0 Å². The molecule has 1 N–H and O–H groups in total. The van der Waals surface area contributed by atoms with Gasteiger partial charge in [0.05, 0.1) is 11.4 Å². The van der Waals surface area contributed by atoms with Crippen LogP contribution in [0.3, 0.4) is 0 Å². The van der Waals surface area contributed by atoms with Crippen LogP contribution in [0.5, 0.6) is 0 Å². The minimum absolute atomic E-state index is 0.930. The van der Waals surface area contributed by atoms with Crippen molar-refractivity contribution >= 4 is 16.3 Å². The van der Waals surface area contributed by atoms with Crippen LogP contribution in [-0.2, 0) is 6.54 Å². The molecule has 0 saturated heterocycles. The maximum Gasteiger partial charge on any atom is 0.194 e. The van der Waals surface area contributed by atoms with Crippen LogP contribution in [0.1, 0.15) is 62.5 Å². The lowest BCUT2D eigenvalue weighted by Crippen LogP contribution is -2.16. The van der Waals surface area contributed by atoms with Gasteiger partial charge in [0.2, 0.25) is 0 Å². The van der Waals surface area contributed by atoms with Crippen LogP contribution in [0, 0.1) is 13.8 Å². The van der Waals surface area contributed by atoms with Crippen LogP contribution < -0.4 is 5.32 Å². The fourth-order valence-corrected chi connectivity index (χ4v) is 3.54. The van der Waals surface area contributed by atoms with Crippen molar-refractivity contribution in [1.82, 2.24) is 14.7 Å². The molecule has 0 fully saturated rings. The lowest BCUT2D eigenvalue weighted by atomic mass is 10.1. The number of hydrogen-bond donors (Lipinski definition) is 1. The first-order chi connectivity index (χ1) is 9.74. The van der Waals surface area contributed by atoms with Gasteiger partial charge in [-0.3, -0.25) is 4.40 Å². The van der Waals surface area contributed by atoms with Gasteiger partial charge in [-0.25, -0.2) is 4.98 Å². The van der Waals surface area contributed by atoms with Gasteiger partial charge in [0, 0.05) is 17.6 Å². The van der Waals surface area contributed by atoms with E-state index in [0.29, 0.717) is 0 Å². The summed E-state index contributed by atoms with van der Waals surface area (Å²) in [5, 5.41) is 5.75. The van der Waals surface area contributed by atoms with E-state index < -0.39 is 0 Å². The molecule has 0 radical (unpaired) electrons. The maximum absolute atomic E-state index is 4.62. The fourth-order valence-electron chi connectivity index (χ4n) is 2.61. The Kier molecular flexibility index (Phi) is 6.05. The number of aromatic nitrogens is 2. The predicted molar refractivity (Wildman–Crippen MR) is 87.6 cm³/mol. The highest BCUT2D eigenvalue weighted by atomic mass is 32.1. The first-order valence-electron chi connectivity index (χ1n) is 7.86. The van der Waals surface area contributed by atoms with Gasteiger partial charge in [-0.05, 0) is 26.8 Å². The molecule has 0 bridgehead atoms. The van der Waals surface area contributed by atoms with Crippen molar-refractivity contribution in [1.29, 1.82) is 0 Å². The summed E-state index contributed by atoms with van der Waals surface area (Å²) in [5.74, 6) is 0. The first kappa shape index (κ1) is 15.5. The Morgan fingerprint density at radius 2 is 1.90 bits per heavy atom. The molecule has 0 aliphatic heterocycles. The summed E-state index contributed by atoms with van der Waals surface area (Å²) in [4.78, 5) is 5.75. The third-order valence-corrected chi connectivity index (χ3v) is 4.77. The number of nitrogens with zero attached hydrogens (tertiary/aromatic N) is 2. The highest BCUT2D eigenvalue weighted by Gasteiger charge is 2.11. The number of unbranched alkanes of at least 4 members (excludes halogenated alkanes) is 5. The molecule has 0 saturated carbocycles. The average Bonchev–Trinajstić information content (AvgIpc) is 2.93. The van der Waals surface area contributed by atoms with Crippen molar-refractivity contribution < 1.29 is 0 Å². The number of thiazole rings is 1. The number of nitrogens with one attached hydrogen (secondary N) is 1. The molecule has 2 aromatic heterocycles. The van der Waals surface area contributed by atoms with E-state index in [-0.39, 0.29) is 0 Å². The molecule has 2 heterocycles. The van der Waals surface area contributed by atoms with E-state index in [2.05, 4.69) is 40.9 Å². The van der Waals surface area contributed by atoms with Crippen molar-refractivity contribution in [2.75, 3.05) is 6.54 Å². The molecule has 0 spiro atoms. The van der Waals surface area contributed by atoms with Crippen LogP contribution in [0.15, 0.2) is 5.38 Å². The zero-order valence-electron chi connectivity index (χ0n) is 13.0. The molecule has 0 unspecified atom stereocenters. The molecule has 112 valence electrons. The van der Waals surface area contributed by atoms with Gasteiger partial charge in [-0.1, -0.05) is 39.0 Å². The largest absolute Gasteiger partial charge is 0.311 e. The zero-order chi connectivity index (χ0) is 14.4. The summed E-state index contributed by atoms with van der Waals surface area (Å²) >= 11 is 1.73. The number of imidazole rings is 1. The van der Waals surface area contributed by atoms with E-state index in [4.69, 9.17) is 0 Å². The van der Waals surface area contributed by atoms with Crippen molar-refractivity contribution in [3.8, 4) is 0 Å². The highest BCUT2D eigenvalue weighted by Crippen LogP contribution is 2.20. The quantitative estimate of drug-likeness (QED) is 0.692. The Balaban J connectivity index is 1.73. The topological polar surface area (TPSA) is 29.3 Å². The second-order valence-corrected chi connectivity index (χ2v) is 6.42. The van der Waals surface area contributed by atoms with E-state index in [1.807, 2.05) is 0 Å². The normalized spacial score (nSPS) is 11.6. The second kappa shape index (κ2) is 7.79. The lowest BCUT2D eigenvalue weighted by Gasteiger charge is -2.06. The van der Waals surface area contributed by atoms with Crippen LogP contribution in [0.4, 0.5) is 0 Å². The summed E-state index contributed by atoms with van der Waals surface area (Å²) in [6.45, 7) is 8.58. The molecular formula is C16H27N3S. The third-order valence-electron chi connectivity index (χ3n) is 3.83. The van der Waals surface area contributed by atoms with Gasteiger partial charge >= 0.3 is 0 Å². The molecule has 0 aromatic carbocycles. The minimum Gasteiger partial charge on any atom is -0.311 e. The third kappa shape index (κ3) is 3.83. The van der Waals surface area contributed by atoms with Gasteiger partial charge in [0.25, 0.3) is 0 Å². The van der Waals surface area contributed by atoms with Gasteiger partial charge in [0.15, 0.2) is 4.96 Å². The fraction of sp³-hybridized carbons (Fsp3) is 0.688. The molecule has 3 nitrogen and oxygen atoms in total. The predicted octanol–water partition coefficient (Wildman–Crippen LogP) is 4.46. The van der Waals surface area contributed by atoms with E-state index in [9.17, 15) is 0 Å². The molecular weight excluding hydrogens is 266 g/mol. The van der Waals surface area contributed by atoms with Gasteiger partial charge in [-0.15, -0.1) is 11.3 Å². The number of hydrogen-bond acceptors (Lipinski definition) is 3. The minimum atomic E-state index is 0.930. The maximum atomic E-state index is 4.62. The summed E-state index contributed by atoms with van der Waals surface area (Å²) in [5.41, 5.74) is 3.78. The molecule has 0 aliphatic carbocycles. The molecule has 0 amide bonds. The Bertz CT molecular complexity index is 527. The van der Waals surface area contributed by atoms with Crippen molar-refractivity contribution in [2.45, 2.75) is 65.8 Å². The van der Waals surface area contributed by atoms with Gasteiger partial charge in [0.1, 0.15) is 0 Å². The molecule has 2 aromatic rings. The number of aryl methyl sites for hydroxylation is 2. The molecule has 0 atom stereocenters. The summed E-state index contributed by atoms with van der Waals surface area (Å²) in [7, 11) is 0. The van der Waals surface area contributed by atoms with Crippen molar-refractivity contribution in [2.24, 2.45) is 0 Å². The van der Waals surface area contributed by atoms with Crippen LogP contribution >= 0.6 is 11.3 Å². The molecule has 4 heteroatoms. The van der Waals surface area contributed by atoms with Crippen molar-refractivity contribution in [3.05, 3.63) is 22.5 Å². The summed E-state index contributed by atoms with van der Waals surface area (Å²) < 4.78 is 2.29. The van der Waals surface area contributed by atoms with Gasteiger partial charge < -0.3 is 5.32 Å². The van der Waals surface area contributed by atoms with E-state index in [0.717, 1.165) is 23.7 Å². The first-order valence-corrected chi connectivity index (χ1v) is 8.74. The standard InChI is InChI=1S/C16H27N3S/c1-4-5-6-7-8-9-10-17-11-15-14(3)18-16-19(15)13(2)12-20-16/h12,17H,4-11H2,1-3H3. The number of rotatable bonds is 9. The Labute approximate surface area is 126 Å². The molecule has 20 heavy (non-hydrogen) atoms. The summed E-state index contributed by atoms with van der Waals surface area (Å²) in [6, 6.07) is 0. The van der Waals surface area contributed by atoms with Gasteiger partial charge in [-0.2, -0.15) is 0 Å². The number of fused-ring (bicyclic) bond motifs is 1. The monoisotopic (exact) mass is 293 g/mol. The SMILES string of the molecule is CCCCCCCCNCc1c(C)nc2scc(C)n12. The van der Waals surface area contributed by atoms with E-state index >= 15 is 0 Å². The van der Waals surface area contributed by atoms with Crippen molar-refractivity contribution in [3.63, 3.8) is 0 Å². The van der Waals surface area contributed by atoms with Crippen LogP contribution in [-0.4, -0.2) is 15.9 Å². The molecule has 0 aliphatic rings. The molecule has 2 rings (SSSR count). The Hall–Kier alpha value is -0.870. The Morgan fingerprint density at radius 1 is 1.15 bits per heavy atom. The van der Waals surface area contributed by atoms with E-state index in [1.54, 1.807) is 11.3 Å².